The Hall–Kier alpha value is -2.67. The first kappa shape index (κ1) is 20.1. The highest BCUT2D eigenvalue weighted by Crippen LogP contribution is 2.25. The van der Waals surface area contributed by atoms with Gasteiger partial charge in [-0.15, -0.1) is 11.3 Å². The SMILES string of the molecule is C[C@@H](Oc1ccc(C(C)(C)C)cc1)C(=O)N(C)Cc1nc(-c2cccs2)no1. The van der Waals surface area contributed by atoms with Crippen LogP contribution < -0.4 is 4.74 Å². The smallest absolute Gasteiger partial charge is 0.263 e. The van der Waals surface area contributed by atoms with Crippen LogP contribution in [0.5, 0.6) is 5.75 Å². The number of hydrogen-bond donors (Lipinski definition) is 0. The van der Waals surface area contributed by atoms with Crippen molar-refractivity contribution in [1.29, 1.82) is 0 Å². The van der Waals surface area contributed by atoms with Gasteiger partial charge in [-0.05, 0) is 41.5 Å². The second kappa shape index (κ2) is 8.14. The maximum absolute atomic E-state index is 12.6. The van der Waals surface area contributed by atoms with Crippen molar-refractivity contribution >= 4 is 17.2 Å². The highest BCUT2D eigenvalue weighted by molar-refractivity contribution is 7.13. The summed E-state index contributed by atoms with van der Waals surface area (Å²) in [6.07, 6.45) is -0.620. The molecule has 6 nitrogen and oxygen atoms in total. The van der Waals surface area contributed by atoms with Gasteiger partial charge in [0, 0.05) is 7.05 Å². The van der Waals surface area contributed by atoms with E-state index in [2.05, 4.69) is 30.9 Å². The van der Waals surface area contributed by atoms with Crippen molar-refractivity contribution in [3.05, 3.63) is 53.2 Å². The van der Waals surface area contributed by atoms with Gasteiger partial charge in [-0.1, -0.05) is 44.1 Å². The lowest BCUT2D eigenvalue weighted by Crippen LogP contribution is -2.37. The summed E-state index contributed by atoms with van der Waals surface area (Å²) in [4.78, 5) is 19.4. The van der Waals surface area contributed by atoms with Crippen LogP contribution in [0.1, 0.15) is 39.1 Å². The molecule has 28 heavy (non-hydrogen) atoms. The number of benzene rings is 1. The molecular weight excluding hydrogens is 374 g/mol. The van der Waals surface area contributed by atoms with Crippen LogP contribution in [0.2, 0.25) is 0 Å². The molecule has 1 amide bonds. The summed E-state index contributed by atoms with van der Waals surface area (Å²) in [7, 11) is 1.69. The summed E-state index contributed by atoms with van der Waals surface area (Å²) in [6.45, 7) is 8.44. The number of nitrogens with zero attached hydrogens (tertiary/aromatic N) is 3. The highest BCUT2D eigenvalue weighted by Gasteiger charge is 2.22. The van der Waals surface area contributed by atoms with E-state index in [1.807, 2.05) is 41.8 Å². The second-order valence-corrected chi connectivity index (χ2v) is 8.67. The molecule has 0 radical (unpaired) electrons. The van der Waals surface area contributed by atoms with Crippen molar-refractivity contribution in [3.63, 3.8) is 0 Å². The third kappa shape index (κ3) is 4.78. The molecule has 2 aromatic heterocycles. The minimum absolute atomic E-state index is 0.0756. The van der Waals surface area contributed by atoms with E-state index in [9.17, 15) is 4.79 Å². The Morgan fingerprint density at radius 2 is 1.96 bits per heavy atom. The van der Waals surface area contributed by atoms with Crippen LogP contribution in [-0.2, 0) is 16.8 Å². The zero-order chi connectivity index (χ0) is 20.3. The molecule has 0 fully saturated rings. The van der Waals surface area contributed by atoms with E-state index in [-0.39, 0.29) is 17.9 Å². The lowest BCUT2D eigenvalue weighted by molar-refractivity contribution is -0.137. The van der Waals surface area contributed by atoms with E-state index in [4.69, 9.17) is 9.26 Å². The fourth-order valence-corrected chi connectivity index (χ4v) is 3.35. The van der Waals surface area contributed by atoms with Gasteiger partial charge in [-0.2, -0.15) is 4.98 Å². The summed E-state index contributed by atoms with van der Waals surface area (Å²) < 4.78 is 11.1. The number of amides is 1. The number of hydrogen-bond acceptors (Lipinski definition) is 6. The standard InChI is InChI=1S/C21H25N3O3S/c1-14(26-16-10-8-15(9-11-16)21(2,3)4)20(25)24(5)13-18-22-19(23-27-18)17-7-6-12-28-17/h6-12,14H,13H2,1-5H3/t14-/m1/s1. The molecular formula is C21H25N3O3S. The number of carbonyl (C=O) groups is 1. The van der Waals surface area contributed by atoms with E-state index in [0.29, 0.717) is 17.5 Å². The summed E-state index contributed by atoms with van der Waals surface area (Å²) in [6, 6.07) is 11.7. The number of carbonyl (C=O) groups excluding carboxylic acids is 1. The van der Waals surface area contributed by atoms with Crippen molar-refractivity contribution in [3.8, 4) is 16.5 Å². The van der Waals surface area contributed by atoms with Gasteiger partial charge < -0.3 is 14.2 Å². The second-order valence-electron chi connectivity index (χ2n) is 7.72. The Morgan fingerprint density at radius 3 is 2.57 bits per heavy atom. The lowest BCUT2D eigenvalue weighted by Gasteiger charge is -2.22. The molecule has 0 saturated carbocycles. The Balaban J connectivity index is 1.58. The maximum Gasteiger partial charge on any atom is 0.263 e. The van der Waals surface area contributed by atoms with Crippen molar-refractivity contribution in [2.45, 2.75) is 45.8 Å². The number of rotatable bonds is 6. The first-order valence-corrected chi connectivity index (χ1v) is 10.0. The minimum Gasteiger partial charge on any atom is -0.481 e. The topological polar surface area (TPSA) is 68.5 Å². The number of likely N-dealkylation sites (N-methyl/N-ethyl adjacent to an activating group) is 1. The molecule has 1 aromatic carbocycles. The summed E-state index contributed by atoms with van der Waals surface area (Å²) in [5, 5.41) is 5.92. The van der Waals surface area contributed by atoms with Crippen LogP contribution in [0.4, 0.5) is 0 Å². The Labute approximate surface area is 169 Å². The van der Waals surface area contributed by atoms with Gasteiger partial charge in [0.05, 0.1) is 11.4 Å². The van der Waals surface area contributed by atoms with E-state index in [1.165, 1.54) is 21.8 Å². The molecule has 2 heterocycles. The van der Waals surface area contributed by atoms with Crippen molar-refractivity contribution in [2.75, 3.05) is 7.05 Å². The van der Waals surface area contributed by atoms with Crippen LogP contribution in [0.3, 0.4) is 0 Å². The van der Waals surface area contributed by atoms with E-state index in [0.717, 1.165) is 4.88 Å². The molecule has 0 aliphatic heterocycles. The quantitative estimate of drug-likeness (QED) is 0.609. The largest absolute Gasteiger partial charge is 0.481 e. The molecule has 0 bridgehead atoms. The van der Waals surface area contributed by atoms with Crippen molar-refractivity contribution in [1.82, 2.24) is 15.0 Å². The van der Waals surface area contributed by atoms with Gasteiger partial charge in [0.25, 0.3) is 5.91 Å². The Bertz CT molecular complexity index is 911. The number of ether oxygens (including phenoxy) is 1. The first-order chi connectivity index (χ1) is 13.2. The van der Waals surface area contributed by atoms with Crippen molar-refractivity contribution in [2.24, 2.45) is 0 Å². The summed E-state index contributed by atoms with van der Waals surface area (Å²) in [5.41, 5.74) is 1.29. The number of aromatic nitrogens is 2. The maximum atomic E-state index is 12.6. The molecule has 0 spiro atoms. The molecule has 0 aliphatic rings. The molecule has 0 unspecified atom stereocenters. The molecule has 0 N–H and O–H groups in total. The average molecular weight is 400 g/mol. The van der Waals surface area contributed by atoms with E-state index in [1.54, 1.807) is 14.0 Å². The van der Waals surface area contributed by atoms with Crippen molar-refractivity contribution < 1.29 is 14.1 Å². The third-order valence-corrected chi connectivity index (χ3v) is 5.21. The zero-order valence-electron chi connectivity index (χ0n) is 16.8. The highest BCUT2D eigenvalue weighted by atomic mass is 32.1. The molecule has 0 aliphatic carbocycles. The van der Waals surface area contributed by atoms with E-state index < -0.39 is 6.10 Å². The predicted molar refractivity (Wildman–Crippen MR) is 109 cm³/mol. The molecule has 3 rings (SSSR count). The fourth-order valence-electron chi connectivity index (χ4n) is 2.70. The van der Waals surface area contributed by atoms with Gasteiger partial charge in [-0.3, -0.25) is 4.79 Å². The van der Waals surface area contributed by atoms with Crippen LogP contribution in [0.15, 0.2) is 46.3 Å². The average Bonchev–Trinajstić information content (AvgIpc) is 3.32. The lowest BCUT2D eigenvalue weighted by atomic mass is 9.87. The van der Waals surface area contributed by atoms with Gasteiger partial charge in [0.2, 0.25) is 11.7 Å². The van der Waals surface area contributed by atoms with Crippen LogP contribution in [-0.4, -0.2) is 34.1 Å². The Kier molecular flexibility index (Phi) is 5.84. The number of thiophene rings is 1. The Morgan fingerprint density at radius 1 is 1.25 bits per heavy atom. The van der Waals surface area contributed by atoms with Gasteiger partial charge in [0.15, 0.2) is 6.10 Å². The molecule has 0 saturated heterocycles. The van der Waals surface area contributed by atoms with Crippen LogP contribution in [0, 0.1) is 0 Å². The fraction of sp³-hybridized carbons (Fsp3) is 0.381. The molecule has 3 aromatic rings. The molecule has 148 valence electrons. The third-order valence-electron chi connectivity index (χ3n) is 4.34. The van der Waals surface area contributed by atoms with Gasteiger partial charge in [-0.25, -0.2) is 0 Å². The van der Waals surface area contributed by atoms with Crippen LogP contribution in [0.25, 0.3) is 10.7 Å². The predicted octanol–water partition coefficient (Wildman–Crippen LogP) is 4.52. The van der Waals surface area contributed by atoms with E-state index >= 15 is 0 Å². The molecule has 1 atom stereocenters. The zero-order valence-corrected chi connectivity index (χ0v) is 17.6. The minimum atomic E-state index is -0.620. The van der Waals surface area contributed by atoms with Gasteiger partial charge in [0.1, 0.15) is 5.75 Å². The monoisotopic (exact) mass is 399 g/mol. The van der Waals surface area contributed by atoms with Crippen LogP contribution >= 0.6 is 11.3 Å². The summed E-state index contributed by atoms with van der Waals surface area (Å²) in [5.74, 6) is 1.44. The summed E-state index contributed by atoms with van der Waals surface area (Å²) >= 11 is 1.54. The first-order valence-electron chi connectivity index (χ1n) is 9.12. The molecule has 7 heteroatoms. The van der Waals surface area contributed by atoms with Gasteiger partial charge >= 0.3 is 0 Å². The normalized spacial score (nSPS) is 12.6.